The molecule has 0 bridgehead atoms. The lowest BCUT2D eigenvalue weighted by atomic mass is 10.1. The van der Waals surface area contributed by atoms with E-state index in [1.165, 1.54) is 0 Å². The fourth-order valence-corrected chi connectivity index (χ4v) is 1.72. The zero-order valence-electron chi connectivity index (χ0n) is 8.53. The number of primary amides is 1. The highest BCUT2D eigenvalue weighted by atomic mass is 16.1. The van der Waals surface area contributed by atoms with Crippen molar-refractivity contribution < 1.29 is 4.79 Å². The number of carbonyl (C=O) groups excluding carboxylic acids is 1. The highest BCUT2D eigenvalue weighted by Gasteiger charge is 2.06. The third-order valence-electron chi connectivity index (χ3n) is 2.29. The van der Waals surface area contributed by atoms with Crippen LogP contribution in [0.3, 0.4) is 0 Å². The first-order valence-electron chi connectivity index (χ1n) is 4.80. The molecule has 1 amide bonds. The van der Waals surface area contributed by atoms with E-state index in [-0.39, 0.29) is 12.3 Å². The second-order valence-electron chi connectivity index (χ2n) is 3.57. The van der Waals surface area contributed by atoms with E-state index >= 15 is 0 Å². The van der Waals surface area contributed by atoms with Crippen molar-refractivity contribution in [1.82, 2.24) is 4.98 Å². The van der Waals surface area contributed by atoms with Crippen LogP contribution in [0, 0.1) is 6.92 Å². The van der Waals surface area contributed by atoms with Crippen LogP contribution in [0.2, 0.25) is 0 Å². The Labute approximate surface area is 87.9 Å². The Hall–Kier alpha value is -1.90. The van der Waals surface area contributed by atoms with Crippen LogP contribution in [0.15, 0.2) is 30.3 Å². The van der Waals surface area contributed by atoms with E-state index in [1.54, 1.807) is 0 Å². The predicted octanol–water partition coefficient (Wildman–Crippen LogP) is 1.57. The molecule has 0 aliphatic carbocycles. The molecule has 2 rings (SSSR count). The Kier molecular flexibility index (Phi) is 2.37. The Bertz CT molecular complexity index is 520. The highest BCUT2D eigenvalue weighted by Crippen LogP contribution is 2.18. The molecule has 0 saturated carbocycles. The number of benzene rings is 1. The maximum absolute atomic E-state index is 10.9. The summed E-state index contributed by atoms with van der Waals surface area (Å²) in [4.78, 5) is 15.2. The van der Waals surface area contributed by atoms with Crippen LogP contribution >= 0.6 is 0 Å². The summed E-state index contributed by atoms with van der Waals surface area (Å²) in [6, 6.07) is 9.87. The SMILES string of the molecule is Cc1cc2ccccc2c(CC(N)=O)n1. The summed E-state index contributed by atoms with van der Waals surface area (Å²) in [6.45, 7) is 1.91. The van der Waals surface area contributed by atoms with Crippen molar-refractivity contribution in [3.05, 3.63) is 41.7 Å². The molecule has 15 heavy (non-hydrogen) atoms. The first-order valence-corrected chi connectivity index (χ1v) is 4.80. The van der Waals surface area contributed by atoms with Crippen LogP contribution in [0.1, 0.15) is 11.4 Å². The van der Waals surface area contributed by atoms with Crippen LogP contribution in [0.4, 0.5) is 0 Å². The topological polar surface area (TPSA) is 56.0 Å². The van der Waals surface area contributed by atoms with Crippen LogP contribution in [-0.2, 0) is 11.2 Å². The number of nitrogens with zero attached hydrogens (tertiary/aromatic N) is 1. The van der Waals surface area contributed by atoms with Crippen molar-refractivity contribution in [2.24, 2.45) is 5.73 Å². The van der Waals surface area contributed by atoms with E-state index in [4.69, 9.17) is 5.73 Å². The number of rotatable bonds is 2. The van der Waals surface area contributed by atoms with Gasteiger partial charge in [0.05, 0.1) is 12.1 Å². The summed E-state index contributed by atoms with van der Waals surface area (Å²) in [6.07, 6.45) is 0.197. The summed E-state index contributed by atoms with van der Waals surface area (Å²) in [7, 11) is 0. The molecule has 76 valence electrons. The third-order valence-corrected chi connectivity index (χ3v) is 2.29. The van der Waals surface area contributed by atoms with Gasteiger partial charge in [0.2, 0.25) is 5.91 Å². The Morgan fingerprint density at radius 2 is 2.13 bits per heavy atom. The maximum atomic E-state index is 10.9. The Balaban J connectivity index is 2.65. The minimum absolute atomic E-state index is 0.197. The van der Waals surface area contributed by atoms with Crippen molar-refractivity contribution in [2.45, 2.75) is 13.3 Å². The first kappa shape index (κ1) is 9.65. The van der Waals surface area contributed by atoms with E-state index in [9.17, 15) is 4.79 Å². The molecule has 0 aliphatic rings. The highest BCUT2D eigenvalue weighted by molar-refractivity contribution is 5.88. The molecular formula is C12H12N2O. The van der Waals surface area contributed by atoms with Crippen molar-refractivity contribution >= 4 is 16.7 Å². The van der Waals surface area contributed by atoms with Gasteiger partial charge < -0.3 is 5.73 Å². The second-order valence-corrected chi connectivity index (χ2v) is 3.57. The molecule has 0 radical (unpaired) electrons. The summed E-state index contributed by atoms with van der Waals surface area (Å²) in [5, 5.41) is 2.10. The Morgan fingerprint density at radius 3 is 2.87 bits per heavy atom. The van der Waals surface area contributed by atoms with E-state index < -0.39 is 0 Å². The number of carbonyl (C=O) groups is 1. The summed E-state index contributed by atoms with van der Waals surface area (Å²) in [5.41, 5.74) is 6.86. The molecule has 0 unspecified atom stereocenters. The average molecular weight is 200 g/mol. The van der Waals surface area contributed by atoms with E-state index in [0.717, 1.165) is 22.2 Å². The third kappa shape index (κ3) is 1.96. The number of aryl methyl sites for hydroxylation is 1. The fourth-order valence-electron chi connectivity index (χ4n) is 1.72. The van der Waals surface area contributed by atoms with Crippen molar-refractivity contribution in [3.63, 3.8) is 0 Å². The maximum Gasteiger partial charge on any atom is 0.223 e. The van der Waals surface area contributed by atoms with E-state index in [2.05, 4.69) is 4.98 Å². The van der Waals surface area contributed by atoms with Gasteiger partial charge >= 0.3 is 0 Å². The van der Waals surface area contributed by atoms with Gasteiger partial charge in [-0.05, 0) is 18.4 Å². The molecule has 2 N–H and O–H groups in total. The summed E-state index contributed by atoms with van der Waals surface area (Å²) < 4.78 is 0. The van der Waals surface area contributed by atoms with Crippen LogP contribution in [0.25, 0.3) is 10.8 Å². The quantitative estimate of drug-likeness (QED) is 0.800. The van der Waals surface area contributed by atoms with Crippen molar-refractivity contribution in [3.8, 4) is 0 Å². The minimum Gasteiger partial charge on any atom is -0.369 e. The normalized spacial score (nSPS) is 10.5. The lowest BCUT2D eigenvalue weighted by Gasteiger charge is -2.05. The molecule has 1 heterocycles. The molecule has 0 aliphatic heterocycles. The fraction of sp³-hybridized carbons (Fsp3) is 0.167. The molecule has 1 aromatic carbocycles. The number of aromatic nitrogens is 1. The van der Waals surface area contributed by atoms with Gasteiger partial charge in [-0.25, -0.2) is 0 Å². The smallest absolute Gasteiger partial charge is 0.223 e. The number of pyridine rings is 1. The predicted molar refractivity (Wildman–Crippen MR) is 59.4 cm³/mol. The van der Waals surface area contributed by atoms with Gasteiger partial charge in [0, 0.05) is 11.1 Å². The van der Waals surface area contributed by atoms with Gasteiger partial charge in [0.1, 0.15) is 0 Å². The molecule has 0 atom stereocenters. The van der Waals surface area contributed by atoms with Gasteiger partial charge in [-0.3, -0.25) is 9.78 Å². The molecule has 3 nitrogen and oxygen atoms in total. The first-order chi connectivity index (χ1) is 7.16. The molecular weight excluding hydrogens is 188 g/mol. The molecule has 0 fully saturated rings. The van der Waals surface area contributed by atoms with Gasteiger partial charge in [0.15, 0.2) is 0 Å². The second kappa shape index (κ2) is 3.69. The van der Waals surface area contributed by atoms with E-state index in [0.29, 0.717) is 0 Å². The van der Waals surface area contributed by atoms with E-state index in [1.807, 2.05) is 37.3 Å². The summed E-state index contributed by atoms with van der Waals surface area (Å²) in [5.74, 6) is -0.349. The monoisotopic (exact) mass is 200 g/mol. The largest absolute Gasteiger partial charge is 0.369 e. The molecule has 0 spiro atoms. The zero-order chi connectivity index (χ0) is 10.8. The zero-order valence-corrected chi connectivity index (χ0v) is 8.53. The summed E-state index contributed by atoms with van der Waals surface area (Å²) >= 11 is 0. The van der Waals surface area contributed by atoms with Crippen LogP contribution in [0.5, 0.6) is 0 Å². The number of nitrogens with two attached hydrogens (primary N) is 1. The number of hydrogen-bond acceptors (Lipinski definition) is 2. The van der Waals surface area contributed by atoms with Crippen molar-refractivity contribution in [2.75, 3.05) is 0 Å². The van der Waals surface area contributed by atoms with Gasteiger partial charge in [0.25, 0.3) is 0 Å². The standard InChI is InChI=1S/C12H12N2O/c1-8-6-9-4-2-3-5-10(9)11(14-8)7-12(13)15/h2-6H,7H2,1H3,(H2,13,15). The minimum atomic E-state index is -0.349. The van der Waals surface area contributed by atoms with Crippen LogP contribution < -0.4 is 5.73 Å². The lowest BCUT2D eigenvalue weighted by molar-refractivity contribution is -0.117. The van der Waals surface area contributed by atoms with Crippen LogP contribution in [-0.4, -0.2) is 10.9 Å². The Morgan fingerprint density at radius 1 is 1.40 bits per heavy atom. The molecule has 2 aromatic rings. The lowest BCUT2D eigenvalue weighted by Crippen LogP contribution is -2.15. The molecule has 1 aromatic heterocycles. The average Bonchev–Trinajstić information content (AvgIpc) is 2.16. The molecule has 3 heteroatoms. The number of hydrogen-bond donors (Lipinski definition) is 1. The number of fused-ring (bicyclic) bond motifs is 1. The van der Waals surface area contributed by atoms with Gasteiger partial charge in [-0.2, -0.15) is 0 Å². The van der Waals surface area contributed by atoms with Crippen molar-refractivity contribution in [1.29, 1.82) is 0 Å². The molecule has 0 saturated heterocycles. The number of amides is 1. The van der Waals surface area contributed by atoms with Gasteiger partial charge in [-0.15, -0.1) is 0 Å². The van der Waals surface area contributed by atoms with Gasteiger partial charge in [-0.1, -0.05) is 24.3 Å².